The van der Waals surface area contributed by atoms with Crippen LogP contribution in [0.2, 0.25) is 0 Å². The third-order valence-electron chi connectivity index (χ3n) is 5.95. The Kier molecular flexibility index (Phi) is 6.99. The number of likely N-dealkylation sites (tertiary alicyclic amines) is 1. The zero-order valence-corrected chi connectivity index (χ0v) is 17.8. The number of nitrogens with zero attached hydrogens (tertiary/aromatic N) is 2. The molecule has 8 heteroatoms. The first kappa shape index (κ1) is 22.2. The fourth-order valence-corrected chi connectivity index (χ4v) is 3.99. The summed E-state index contributed by atoms with van der Waals surface area (Å²) in [6, 6.07) is 10.1. The molecule has 0 aliphatic carbocycles. The molecule has 6 nitrogen and oxygen atoms in total. The molecule has 0 N–H and O–H groups in total. The minimum absolute atomic E-state index is 0.00511. The molecule has 4 rings (SSSR count). The number of carbonyl (C=O) groups is 2. The molecule has 0 atom stereocenters. The van der Waals surface area contributed by atoms with Gasteiger partial charge in [0.15, 0.2) is 0 Å². The smallest absolute Gasteiger partial charge is 0.256 e. The molecule has 2 amide bonds. The second-order valence-electron chi connectivity index (χ2n) is 8.10. The molecule has 2 aromatic carbocycles. The van der Waals surface area contributed by atoms with E-state index in [2.05, 4.69) is 0 Å². The van der Waals surface area contributed by atoms with Gasteiger partial charge in [-0.25, -0.2) is 8.78 Å². The summed E-state index contributed by atoms with van der Waals surface area (Å²) >= 11 is 0. The number of piperidine rings is 1. The second kappa shape index (κ2) is 10.1. The van der Waals surface area contributed by atoms with Crippen molar-refractivity contribution in [3.05, 3.63) is 65.2 Å². The van der Waals surface area contributed by atoms with E-state index >= 15 is 0 Å². The average Bonchev–Trinajstić information content (AvgIpc) is 2.83. The first-order valence-electron chi connectivity index (χ1n) is 10.9. The fourth-order valence-electron chi connectivity index (χ4n) is 3.99. The minimum Gasteiger partial charge on any atom is -0.493 e. The van der Waals surface area contributed by atoms with Crippen molar-refractivity contribution in [2.45, 2.75) is 12.8 Å². The number of benzene rings is 2. The maximum Gasteiger partial charge on any atom is 0.256 e. The average molecular weight is 444 g/mol. The predicted molar refractivity (Wildman–Crippen MR) is 114 cm³/mol. The molecular formula is C24H26F2N2O4. The molecule has 2 aromatic rings. The van der Waals surface area contributed by atoms with E-state index in [0.717, 1.165) is 25.0 Å². The van der Waals surface area contributed by atoms with E-state index in [9.17, 15) is 18.4 Å². The number of amides is 2. The highest BCUT2D eigenvalue weighted by molar-refractivity contribution is 5.95. The molecule has 0 radical (unpaired) electrons. The number of rotatable bonds is 5. The zero-order valence-electron chi connectivity index (χ0n) is 17.8. The van der Waals surface area contributed by atoms with Crippen LogP contribution >= 0.6 is 0 Å². The minimum atomic E-state index is -0.837. The maximum atomic E-state index is 13.9. The van der Waals surface area contributed by atoms with Gasteiger partial charge in [0.1, 0.15) is 17.4 Å². The standard InChI is InChI=1S/C24H26F2N2O4/c25-19-3-6-21(22(26)15-19)24(30)27-9-7-17(8-10-27)16-32-20-4-1-18(2-5-20)23(29)28-11-13-31-14-12-28/h1-6,15,17H,7-14,16H2. The second-order valence-corrected chi connectivity index (χ2v) is 8.10. The Hall–Kier alpha value is -3.00. The highest BCUT2D eigenvalue weighted by Crippen LogP contribution is 2.22. The van der Waals surface area contributed by atoms with E-state index in [4.69, 9.17) is 9.47 Å². The van der Waals surface area contributed by atoms with Gasteiger partial charge >= 0.3 is 0 Å². The van der Waals surface area contributed by atoms with Crippen LogP contribution in [0.1, 0.15) is 33.6 Å². The van der Waals surface area contributed by atoms with E-state index < -0.39 is 17.5 Å². The first-order valence-corrected chi connectivity index (χ1v) is 10.9. The van der Waals surface area contributed by atoms with Gasteiger partial charge in [-0.05, 0) is 55.2 Å². The molecule has 2 saturated heterocycles. The van der Waals surface area contributed by atoms with E-state index in [1.54, 1.807) is 34.1 Å². The molecule has 0 aromatic heterocycles. The van der Waals surface area contributed by atoms with Gasteiger partial charge in [-0.3, -0.25) is 9.59 Å². The van der Waals surface area contributed by atoms with Crippen LogP contribution in [0, 0.1) is 17.6 Å². The largest absolute Gasteiger partial charge is 0.493 e. The highest BCUT2D eigenvalue weighted by Gasteiger charge is 2.26. The monoisotopic (exact) mass is 444 g/mol. The molecule has 32 heavy (non-hydrogen) atoms. The van der Waals surface area contributed by atoms with Crippen LogP contribution in [0.15, 0.2) is 42.5 Å². The Bertz CT molecular complexity index is 953. The van der Waals surface area contributed by atoms with Crippen molar-refractivity contribution < 1.29 is 27.8 Å². The molecule has 0 saturated carbocycles. The Labute approximate surface area is 185 Å². The van der Waals surface area contributed by atoms with Gasteiger partial charge in [0.25, 0.3) is 11.8 Å². The molecule has 0 spiro atoms. The van der Waals surface area contributed by atoms with Crippen molar-refractivity contribution in [1.82, 2.24) is 9.80 Å². The van der Waals surface area contributed by atoms with Gasteiger partial charge in [-0.2, -0.15) is 0 Å². The van der Waals surface area contributed by atoms with E-state index in [-0.39, 0.29) is 17.4 Å². The Morgan fingerprint density at radius 3 is 2.22 bits per heavy atom. The summed E-state index contributed by atoms with van der Waals surface area (Å²) in [6.07, 6.45) is 1.48. The quantitative estimate of drug-likeness (QED) is 0.710. The lowest BCUT2D eigenvalue weighted by Gasteiger charge is -2.32. The van der Waals surface area contributed by atoms with Crippen molar-refractivity contribution in [2.24, 2.45) is 5.92 Å². The summed E-state index contributed by atoms with van der Waals surface area (Å²) in [7, 11) is 0. The normalized spacial score (nSPS) is 17.3. The number of halogens is 2. The summed E-state index contributed by atoms with van der Waals surface area (Å²) in [5, 5.41) is 0. The zero-order chi connectivity index (χ0) is 22.5. The topological polar surface area (TPSA) is 59.1 Å². The van der Waals surface area contributed by atoms with Crippen LogP contribution < -0.4 is 4.74 Å². The molecule has 0 bridgehead atoms. The third-order valence-corrected chi connectivity index (χ3v) is 5.95. The van der Waals surface area contributed by atoms with Gasteiger partial charge in [-0.1, -0.05) is 0 Å². The van der Waals surface area contributed by atoms with Crippen LogP contribution in [-0.4, -0.2) is 67.6 Å². The van der Waals surface area contributed by atoms with Crippen molar-refractivity contribution >= 4 is 11.8 Å². The maximum absolute atomic E-state index is 13.9. The molecular weight excluding hydrogens is 418 g/mol. The van der Waals surface area contributed by atoms with Crippen LogP contribution in [0.3, 0.4) is 0 Å². The summed E-state index contributed by atoms with van der Waals surface area (Å²) in [6.45, 7) is 3.83. The van der Waals surface area contributed by atoms with Gasteiger partial charge in [0, 0.05) is 37.8 Å². The highest BCUT2D eigenvalue weighted by atomic mass is 19.1. The number of carbonyl (C=O) groups excluding carboxylic acids is 2. The molecule has 2 aliphatic rings. The fraction of sp³-hybridized carbons (Fsp3) is 0.417. The Morgan fingerprint density at radius 2 is 1.56 bits per heavy atom. The van der Waals surface area contributed by atoms with E-state index in [1.807, 2.05) is 0 Å². The van der Waals surface area contributed by atoms with Crippen molar-refractivity contribution in [3.8, 4) is 5.75 Å². The van der Waals surface area contributed by atoms with Crippen LogP contribution in [0.5, 0.6) is 5.75 Å². The van der Waals surface area contributed by atoms with Gasteiger partial charge in [-0.15, -0.1) is 0 Å². The molecule has 2 heterocycles. The number of ether oxygens (including phenoxy) is 2. The summed E-state index contributed by atoms with van der Waals surface area (Å²) in [5.41, 5.74) is 0.520. The molecule has 2 fully saturated rings. The van der Waals surface area contributed by atoms with Crippen molar-refractivity contribution in [1.29, 1.82) is 0 Å². The summed E-state index contributed by atoms with van der Waals surface area (Å²) in [5.74, 6) is -0.997. The van der Waals surface area contributed by atoms with Crippen molar-refractivity contribution in [3.63, 3.8) is 0 Å². The van der Waals surface area contributed by atoms with Crippen LogP contribution in [-0.2, 0) is 4.74 Å². The lowest BCUT2D eigenvalue weighted by molar-refractivity contribution is 0.0303. The van der Waals surface area contributed by atoms with Gasteiger partial charge in [0.2, 0.25) is 0 Å². The van der Waals surface area contributed by atoms with Crippen molar-refractivity contribution in [2.75, 3.05) is 46.0 Å². The predicted octanol–water partition coefficient (Wildman–Crippen LogP) is 3.37. The van der Waals surface area contributed by atoms with Gasteiger partial charge in [0.05, 0.1) is 25.4 Å². The molecule has 170 valence electrons. The summed E-state index contributed by atoms with van der Waals surface area (Å²) < 4.78 is 38.1. The number of morpholine rings is 1. The molecule has 0 unspecified atom stereocenters. The Balaban J connectivity index is 1.24. The summed E-state index contributed by atoms with van der Waals surface area (Å²) in [4.78, 5) is 28.4. The SMILES string of the molecule is O=C(c1ccc(OCC2CCN(C(=O)c3ccc(F)cc3F)CC2)cc1)N1CCOCC1. The number of hydrogen-bond acceptors (Lipinski definition) is 4. The van der Waals surface area contributed by atoms with E-state index in [0.29, 0.717) is 57.3 Å². The lowest BCUT2D eigenvalue weighted by atomic mass is 9.97. The third kappa shape index (κ3) is 5.24. The van der Waals surface area contributed by atoms with Crippen LogP contribution in [0.25, 0.3) is 0 Å². The first-order chi connectivity index (χ1) is 15.5. The molecule has 2 aliphatic heterocycles. The number of hydrogen-bond donors (Lipinski definition) is 0. The lowest BCUT2D eigenvalue weighted by Crippen LogP contribution is -2.40. The van der Waals surface area contributed by atoms with E-state index in [1.165, 1.54) is 6.07 Å². The Morgan fingerprint density at radius 1 is 0.906 bits per heavy atom. The van der Waals surface area contributed by atoms with Gasteiger partial charge < -0.3 is 19.3 Å². The van der Waals surface area contributed by atoms with Crippen LogP contribution in [0.4, 0.5) is 8.78 Å².